The zero-order valence-electron chi connectivity index (χ0n) is 9.63. The maximum Gasteiger partial charge on any atom is 0.0480 e. The Labute approximate surface area is 102 Å². The Bertz CT molecular complexity index is 501. The van der Waals surface area contributed by atoms with Crippen LogP contribution in [0.1, 0.15) is 16.7 Å². The molecule has 0 amide bonds. The SMILES string of the molecule is Cc1ccc(-c2ccccc2CCl)c(C)c1. The molecule has 82 valence electrons. The summed E-state index contributed by atoms with van der Waals surface area (Å²) in [5, 5.41) is 0. The topological polar surface area (TPSA) is 0 Å². The molecule has 0 radical (unpaired) electrons. The van der Waals surface area contributed by atoms with Crippen LogP contribution in [-0.2, 0) is 5.88 Å². The van der Waals surface area contributed by atoms with Gasteiger partial charge in [-0.05, 0) is 36.1 Å². The van der Waals surface area contributed by atoms with Crippen LogP contribution < -0.4 is 0 Å². The Balaban J connectivity index is 2.58. The van der Waals surface area contributed by atoms with Crippen LogP contribution in [0.15, 0.2) is 42.5 Å². The summed E-state index contributed by atoms with van der Waals surface area (Å²) in [5.41, 5.74) is 6.31. The number of hydrogen-bond acceptors (Lipinski definition) is 0. The summed E-state index contributed by atoms with van der Waals surface area (Å²) >= 11 is 5.97. The molecule has 2 aromatic rings. The number of hydrogen-bond donors (Lipinski definition) is 0. The van der Waals surface area contributed by atoms with E-state index in [4.69, 9.17) is 11.6 Å². The summed E-state index contributed by atoms with van der Waals surface area (Å²) < 4.78 is 0. The molecule has 0 atom stereocenters. The van der Waals surface area contributed by atoms with Crippen LogP contribution >= 0.6 is 11.6 Å². The van der Waals surface area contributed by atoms with E-state index in [-0.39, 0.29) is 0 Å². The molecule has 0 aliphatic rings. The zero-order chi connectivity index (χ0) is 11.5. The Morgan fingerprint density at radius 2 is 1.69 bits per heavy atom. The van der Waals surface area contributed by atoms with Crippen LogP contribution in [0.5, 0.6) is 0 Å². The third kappa shape index (κ3) is 2.12. The summed E-state index contributed by atoms with van der Waals surface area (Å²) in [5.74, 6) is 0.559. The van der Waals surface area contributed by atoms with E-state index in [0.717, 1.165) is 0 Å². The molecule has 16 heavy (non-hydrogen) atoms. The largest absolute Gasteiger partial charge is 0.122 e. The van der Waals surface area contributed by atoms with Crippen LogP contribution in [0.2, 0.25) is 0 Å². The van der Waals surface area contributed by atoms with Crippen LogP contribution in [-0.4, -0.2) is 0 Å². The quantitative estimate of drug-likeness (QED) is 0.656. The van der Waals surface area contributed by atoms with Gasteiger partial charge in [0.2, 0.25) is 0 Å². The van der Waals surface area contributed by atoms with Gasteiger partial charge in [-0.25, -0.2) is 0 Å². The van der Waals surface area contributed by atoms with Crippen molar-refractivity contribution in [2.24, 2.45) is 0 Å². The van der Waals surface area contributed by atoms with E-state index in [1.54, 1.807) is 0 Å². The van der Waals surface area contributed by atoms with Crippen molar-refractivity contribution in [1.29, 1.82) is 0 Å². The third-order valence-corrected chi connectivity index (χ3v) is 3.12. The lowest BCUT2D eigenvalue weighted by atomic mass is 9.95. The predicted molar refractivity (Wildman–Crippen MR) is 70.9 cm³/mol. The van der Waals surface area contributed by atoms with E-state index in [9.17, 15) is 0 Å². The van der Waals surface area contributed by atoms with Gasteiger partial charge < -0.3 is 0 Å². The third-order valence-electron chi connectivity index (χ3n) is 2.83. The number of aryl methyl sites for hydroxylation is 2. The Morgan fingerprint density at radius 1 is 0.938 bits per heavy atom. The molecule has 0 bridgehead atoms. The summed E-state index contributed by atoms with van der Waals surface area (Å²) in [7, 11) is 0. The van der Waals surface area contributed by atoms with Crippen molar-refractivity contribution in [3.63, 3.8) is 0 Å². The monoisotopic (exact) mass is 230 g/mol. The van der Waals surface area contributed by atoms with Gasteiger partial charge in [0.25, 0.3) is 0 Å². The smallest absolute Gasteiger partial charge is 0.0480 e. The van der Waals surface area contributed by atoms with Crippen molar-refractivity contribution in [3.05, 3.63) is 59.2 Å². The number of rotatable bonds is 2. The van der Waals surface area contributed by atoms with E-state index in [2.05, 4.69) is 50.2 Å². The summed E-state index contributed by atoms with van der Waals surface area (Å²) in [6.45, 7) is 4.26. The first-order valence-electron chi connectivity index (χ1n) is 5.44. The van der Waals surface area contributed by atoms with Crippen molar-refractivity contribution < 1.29 is 0 Å². The molecule has 0 heterocycles. The number of benzene rings is 2. The number of alkyl halides is 1. The van der Waals surface area contributed by atoms with Crippen molar-refractivity contribution in [3.8, 4) is 11.1 Å². The van der Waals surface area contributed by atoms with Gasteiger partial charge in [0.05, 0.1) is 0 Å². The van der Waals surface area contributed by atoms with Gasteiger partial charge in [-0.2, -0.15) is 0 Å². The molecule has 0 unspecified atom stereocenters. The van der Waals surface area contributed by atoms with E-state index >= 15 is 0 Å². The minimum atomic E-state index is 0.559. The fourth-order valence-corrected chi connectivity index (χ4v) is 2.25. The molecule has 0 N–H and O–H groups in total. The Hall–Kier alpha value is -1.27. The molecular formula is C15H15Cl. The molecule has 0 nitrogen and oxygen atoms in total. The van der Waals surface area contributed by atoms with Crippen LogP contribution in [0.25, 0.3) is 11.1 Å². The van der Waals surface area contributed by atoms with Crippen LogP contribution in [0.4, 0.5) is 0 Å². The second-order valence-electron chi connectivity index (χ2n) is 4.11. The molecule has 0 saturated heterocycles. The van der Waals surface area contributed by atoms with Crippen molar-refractivity contribution in [1.82, 2.24) is 0 Å². The number of halogens is 1. The lowest BCUT2D eigenvalue weighted by Gasteiger charge is -2.10. The van der Waals surface area contributed by atoms with Gasteiger partial charge in [-0.15, -0.1) is 11.6 Å². The summed E-state index contributed by atoms with van der Waals surface area (Å²) in [6.07, 6.45) is 0. The molecule has 0 saturated carbocycles. The second kappa shape index (κ2) is 4.71. The van der Waals surface area contributed by atoms with Crippen molar-refractivity contribution in [2.45, 2.75) is 19.7 Å². The summed E-state index contributed by atoms with van der Waals surface area (Å²) in [4.78, 5) is 0. The first-order chi connectivity index (χ1) is 7.72. The van der Waals surface area contributed by atoms with E-state index < -0.39 is 0 Å². The van der Waals surface area contributed by atoms with Gasteiger partial charge in [0.15, 0.2) is 0 Å². The van der Waals surface area contributed by atoms with Crippen molar-refractivity contribution in [2.75, 3.05) is 0 Å². The van der Waals surface area contributed by atoms with Gasteiger partial charge in [0, 0.05) is 5.88 Å². The van der Waals surface area contributed by atoms with Crippen LogP contribution in [0.3, 0.4) is 0 Å². The lowest BCUT2D eigenvalue weighted by Crippen LogP contribution is -1.89. The minimum absolute atomic E-state index is 0.559. The highest BCUT2D eigenvalue weighted by atomic mass is 35.5. The fourth-order valence-electron chi connectivity index (χ4n) is 2.02. The first-order valence-corrected chi connectivity index (χ1v) is 5.97. The molecule has 2 rings (SSSR count). The molecule has 2 aromatic carbocycles. The Morgan fingerprint density at radius 3 is 2.38 bits per heavy atom. The Kier molecular flexibility index (Phi) is 3.31. The lowest BCUT2D eigenvalue weighted by molar-refractivity contribution is 1.35. The molecule has 0 spiro atoms. The van der Waals surface area contributed by atoms with E-state index in [1.807, 2.05) is 6.07 Å². The van der Waals surface area contributed by atoms with E-state index in [0.29, 0.717) is 5.88 Å². The fraction of sp³-hybridized carbons (Fsp3) is 0.200. The highest BCUT2D eigenvalue weighted by Gasteiger charge is 2.05. The van der Waals surface area contributed by atoms with Gasteiger partial charge in [0.1, 0.15) is 0 Å². The highest BCUT2D eigenvalue weighted by molar-refractivity contribution is 6.17. The average molecular weight is 231 g/mol. The van der Waals surface area contributed by atoms with Crippen LogP contribution in [0, 0.1) is 13.8 Å². The standard InChI is InChI=1S/C15H15Cl/c1-11-7-8-14(12(2)9-11)15-6-4-3-5-13(15)10-16/h3-9H,10H2,1-2H3. The zero-order valence-corrected chi connectivity index (χ0v) is 10.4. The summed E-state index contributed by atoms with van der Waals surface area (Å²) in [6, 6.07) is 14.8. The normalized spacial score (nSPS) is 10.4. The minimum Gasteiger partial charge on any atom is -0.122 e. The highest BCUT2D eigenvalue weighted by Crippen LogP contribution is 2.28. The molecule has 0 fully saturated rings. The molecule has 0 aliphatic heterocycles. The van der Waals surface area contributed by atoms with E-state index in [1.165, 1.54) is 27.8 Å². The molecule has 0 aromatic heterocycles. The second-order valence-corrected chi connectivity index (χ2v) is 4.38. The molecule has 0 aliphatic carbocycles. The molecule has 1 heteroatoms. The first kappa shape index (κ1) is 11.2. The van der Waals surface area contributed by atoms with Gasteiger partial charge >= 0.3 is 0 Å². The maximum absolute atomic E-state index is 5.97. The maximum atomic E-state index is 5.97. The average Bonchev–Trinajstić information content (AvgIpc) is 2.29. The van der Waals surface area contributed by atoms with Gasteiger partial charge in [-0.1, -0.05) is 48.0 Å². The van der Waals surface area contributed by atoms with Gasteiger partial charge in [-0.3, -0.25) is 0 Å². The van der Waals surface area contributed by atoms with Crippen molar-refractivity contribution >= 4 is 11.6 Å². The predicted octanol–water partition coefficient (Wildman–Crippen LogP) is 4.71. The molecular weight excluding hydrogens is 216 g/mol.